The second-order valence-electron chi connectivity index (χ2n) is 5.14. The summed E-state index contributed by atoms with van der Waals surface area (Å²) < 4.78 is 5.49. The normalized spacial score (nSPS) is 10.4. The first kappa shape index (κ1) is 15.9. The first-order valence-corrected chi connectivity index (χ1v) is 8.00. The molecule has 3 rings (SSSR count). The highest BCUT2D eigenvalue weighted by Gasteiger charge is 2.11. The number of esters is 1. The number of aryl methyl sites for hydroxylation is 1. The maximum atomic E-state index is 12.1. The van der Waals surface area contributed by atoms with E-state index in [4.69, 9.17) is 4.74 Å². The van der Waals surface area contributed by atoms with Gasteiger partial charge in [-0.15, -0.1) is 0 Å². The van der Waals surface area contributed by atoms with Gasteiger partial charge in [0.2, 0.25) is 0 Å². The fourth-order valence-electron chi connectivity index (χ4n) is 2.21. The number of anilines is 2. The van der Waals surface area contributed by atoms with Crippen molar-refractivity contribution in [3.8, 4) is 0 Å². The third kappa shape index (κ3) is 3.52. The van der Waals surface area contributed by atoms with Gasteiger partial charge in [0, 0.05) is 5.69 Å². The summed E-state index contributed by atoms with van der Waals surface area (Å²) in [5.74, 6) is -0.406. The number of methoxy groups -OCH3 is 1. The second-order valence-corrected chi connectivity index (χ2v) is 6.17. The first-order valence-electron chi connectivity index (χ1n) is 7.19. The molecule has 0 aliphatic rings. The number of nitrogens with one attached hydrogen (secondary N) is 2. The molecule has 7 heteroatoms. The van der Waals surface area contributed by atoms with Gasteiger partial charge in [-0.3, -0.25) is 5.32 Å². The van der Waals surface area contributed by atoms with Crippen molar-refractivity contribution in [2.45, 2.75) is 6.92 Å². The molecule has 1 heterocycles. The van der Waals surface area contributed by atoms with Crippen molar-refractivity contribution in [1.29, 1.82) is 0 Å². The number of hydrogen-bond acceptors (Lipinski definition) is 5. The van der Waals surface area contributed by atoms with E-state index in [-0.39, 0.29) is 6.03 Å². The zero-order valence-electron chi connectivity index (χ0n) is 13.1. The number of benzene rings is 2. The van der Waals surface area contributed by atoms with Crippen LogP contribution in [0.25, 0.3) is 10.2 Å². The summed E-state index contributed by atoms with van der Waals surface area (Å²) in [5, 5.41) is 5.92. The van der Waals surface area contributed by atoms with Crippen molar-refractivity contribution in [1.82, 2.24) is 4.98 Å². The van der Waals surface area contributed by atoms with E-state index in [1.165, 1.54) is 18.4 Å². The molecule has 0 fully saturated rings. The molecule has 1 aromatic heterocycles. The van der Waals surface area contributed by atoms with Gasteiger partial charge in [-0.05, 0) is 42.8 Å². The Balaban J connectivity index is 1.75. The molecule has 2 aromatic carbocycles. The lowest BCUT2D eigenvalue weighted by molar-refractivity contribution is 0.0601. The van der Waals surface area contributed by atoms with E-state index in [0.717, 1.165) is 10.3 Å². The fourth-order valence-corrected chi connectivity index (χ4v) is 3.11. The number of urea groups is 1. The van der Waals surface area contributed by atoms with Crippen molar-refractivity contribution in [2.75, 3.05) is 17.7 Å². The Bertz CT molecular complexity index is 920. The third-order valence-electron chi connectivity index (χ3n) is 3.31. The highest BCUT2D eigenvalue weighted by molar-refractivity contribution is 7.22. The van der Waals surface area contributed by atoms with Gasteiger partial charge in [0.05, 0.1) is 22.9 Å². The fraction of sp³-hybridized carbons (Fsp3) is 0.118. The van der Waals surface area contributed by atoms with Crippen molar-refractivity contribution in [2.24, 2.45) is 0 Å². The topological polar surface area (TPSA) is 80.3 Å². The number of hydrogen-bond donors (Lipinski definition) is 2. The lowest BCUT2D eigenvalue weighted by atomic mass is 10.2. The maximum absolute atomic E-state index is 12.1. The molecule has 24 heavy (non-hydrogen) atoms. The Kier molecular flexibility index (Phi) is 4.43. The zero-order chi connectivity index (χ0) is 17.1. The minimum atomic E-state index is -0.406. The number of carbonyl (C=O) groups excluding carboxylic acids is 2. The van der Waals surface area contributed by atoms with Crippen LogP contribution >= 0.6 is 11.3 Å². The molecule has 0 atom stereocenters. The van der Waals surface area contributed by atoms with Crippen LogP contribution in [0, 0.1) is 6.92 Å². The van der Waals surface area contributed by atoms with Crippen LogP contribution in [-0.2, 0) is 4.74 Å². The lowest BCUT2D eigenvalue weighted by Crippen LogP contribution is -2.19. The molecular weight excluding hydrogens is 326 g/mol. The van der Waals surface area contributed by atoms with E-state index in [0.29, 0.717) is 21.9 Å². The highest BCUT2D eigenvalue weighted by atomic mass is 32.1. The van der Waals surface area contributed by atoms with Crippen LogP contribution in [0.2, 0.25) is 0 Å². The van der Waals surface area contributed by atoms with Gasteiger partial charge in [-0.25, -0.2) is 14.6 Å². The molecule has 3 aromatic rings. The van der Waals surface area contributed by atoms with E-state index in [1.54, 1.807) is 18.2 Å². The zero-order valence-corrected chi connectivity index (χ0v) is 13.9. The number of rotatable bonds is 3. The van der Waals surface area contributed by atoms with E-state index in [2.05, 4.69) is 15.6 Å². The number of amides is 2. The Morgan fingerprint density at radius 2 is 1.96 bits per heavy atom. The number of nitrogens with zero attached hydrogens (tertiary/aromatic N) is 1. The lowest BCUT2D eigenvalue weighted by Gasteiger charge is -2.05. The Hall–Kier alpha value is -2.93. The van der Waals surface area contributed by atoms with Crippen LogP contribution in [0.3, 0.4) is 0 Å². The van der Waals surface area contributed by atoms with Crippen LogP contribution in [0.15, 0.2) is 42.5 Å². The van der Waals surface area contributed by atoms with Crippen LogP contribution in [0.5, 0.6) is 0 Å². The number of fused-ring (bicyclic) bond motifs is 1. The summed E-state index contributed by atoms with van der Waals surface area (Å²) in [5.41, 5.74) is 2.92. The number of carbonyl (C=O) groups is 2. The largest absolute Gasteiger partial charge is 0.465 e. The summed E-state index contributed by atoms with van der Waals surface area (Å²) >= 11 is 1.29. The van der Waals surface area contributed by atoms with Crippen molar-refractivity contribution in [3.63, 3.8) is 0 Å². The van der Waals surface area contributed by atoms with Crippen LogP contribution in [0.4, 0.5) is 15.6 Å². The standard InChI is InChI=1S/C17H15N3O3S/c1-10-4-3-5-12(8-10)18-16(22)20-17-19-13-7-6-11(15(21)23-2)9-14(13)24-17/h3-9H,1-2H3,(H2,18,19,20,22). The summed E-state index contributed by atoms with van der Waals surface area (Å²) in [6.07, 6.45) is 0. The molecule has 2 N–H and O–H groups in total. The van der Waals surface area contributed by atoms with Crippen molar-refractivity contribution < 1.29 is 14.3 Å². The van der Waals surface area contributed by atoms with Crippen LogP contribution in [-0.4, -0.2) is 24.1 Å². The average molecular weight is 341 g/mol. The van der Waals surface area contributed by atoms with Gasteiger partial charge in [-0.1, -0.05) is 23.5 Å². The van der Waals surface area contributed by atoms with Gasteiger partial charge in [-0.2, -0.15) is 0 Å². The minimum absolute atomic E-state index is 0.368. The minimum Gasteiger partial charge on any atom is -0.465 e. The van der Waals surface area contributed by atoms with Crippen molar-refractivity contribution >= 4 is 44.4 Å². The van der Waals surface area contributed by atoms with Crippen LogP contribution < -0.4 is 10.6 Å². The Morgan fingerprint density at radius 1 is 1.12 bits per heavy atom. The predicted octanol–water partition coefficient (Wildman–Crippen LogP) is 4.04. The predicted molar refractivity (Wildman–Crippen MR) is 94.8 cm³/mol. The van der Waals surface area contributed by atoms with E-state index in [9.17, 15) is 9.59 Å². The summed E-state index contributed by atoms with van der Waals surface area (Å²) in [4.78, 5) is 27.9. The molecule has 6 nitrogen and oxygen atoms in total. The number of ether oxygens (including phenoxy) is 1. The summed E-state index contributed by atoms with van der Waals surface area (Å²) in [7, 11) is 1.34. The monoisotopic (exact) mass is 341 g/mol. The van der Waals surface area contributed by atoms with Gasteiger partial charge < -0.3 is 10.1 Å². The van der Waals surface area contributed by atoms with Crippen molar-refractivity contribution in [3.05, 3.63) is 53.6 Å². The average Bonchev–Trinajstić information content (AvgIpc) is 2.95. The van der Waals surface area contributed by atoms with E-state index in [1.807, 2.05) is 31.2 Å². The molecule has 0 spiro atoms. The van der Waals surface area contributed by atoms with Gasteiger partial charge in [0.25, 0.3) is 0 Å². The number of thiazole rings is 1. The molecular formula is C17H15N3O3S. The Labute approximate surface area is 142 Å². The first-order chi connectivity index (χ1) is 11.5. The molecule has 0 bridgehead atoms. The molecule has 0 saturated carbocycles. The highest BCUT2D eigenvalue weighted by Crippen LogP contribution is 2.27. The number of aromatic nitrogens is 1. The smallest absolute Gasteiger partial charge is 0.337 e. The molecule has 122 valence electrons. The molecule has 0 unspecified atom stereocenters. The second kappa shape index (κ2) is 6.67. The van der Waals surface area contributed by atoms with Gasteiger partial charge in [0.1, 0.15) is 0 Å². The molecule has 0 radical (unpaired) electrons. The molecule has 0 saturated heterocycles. The quantitative estimate of drug-likeness (QED) is 0.705. The van der Waals surface area contributed by atoms with E-state index < -0.39 is 5.97 Å². The van der Waals surface area contributed by atoms with Gasteiger partial charge in [0.15, 0.2) is 5.13 Å². The summed E-state index contributed by atoms with van der Waals surface area (Å²) in [6.45, 7) is 1.95. The van der Waals surface area contributed by atoms with Gasteiger partial charge >= 0.3 is 12.0 Å². The van der Waals surface area contributed by atoms with Crippen LogP contribution in [0.1, 0.15) is 15.9 Å². The SMILES string of the molecule is COC(=O)c1ccc2nc(NC(=O)Nc3cccc(C)c3)sc2c1. The molecule has 2 amide bonds. The molecule has 0 aliphatic carbocycles. The maximum Gasteiger partial charge on any atom is 0.337 e. The molecule has 0 aliphatic heterocycles. The Morgan fingerprint density at radius 3 is 2.71 bits per heavy atom. The third-order valence-corrected chi connectivity index (χ3v) is 4.24. The summed E-state index contributed by atoms with van der Waals surface area (Å²) in [6, 6.07) is 12.2. The van der Waals surface area contributed by atoms with E-state index >= 15 is 0 Å².